The predicted molar refractivity (Wildman–Crippen MR) is 229 cm³/mol. The maximum Gasteiger partial charge on any atom is 0.129 e. The average molecular weight is 834 g/mol. The molecule has 0 aliphatic heterocycles. The van der Waals surface area contributed by atoms with Crippen molar-refractivity contribution in [3.05, 3.63) is 161 Å². The summed E-state index contributed by atoms with van der Waals surface area (Å²) < 4.78 is 90.7. The zero-order valence-electron chi connectivity index (χ0n) is 35.3. The Bertz CT molecular complexity index is 2380. The van der Waals surface area contributed by atoms with Crippen LogP contribution in [-0.4, -0.2) is 34.8 Å². The Morgan fingerprint density at radius 2 is 0.803 bits per heavy atom. The van der Waals surface area contributed by atoms with Gasteiger partial charge >= 0.3 is 0 Å². The first-order valence-electron chi connectivity index (χ1n) is 20.0. The standard InChI is InChI=1S/C50H48F5N3O3/c1-31-18-36(51)22-41(19-31)59-28-50(29-60-42-23-37(52)20-38(53)24-42,30-61-43-25-39(54)21-40(55)26-43)27-58-56-46-44(32-8-12-34(13-9-32)48(2,3)4)16-17-45(47(46)57-58)33-10-14-35(15-11-33)49(5,6)7/h8-26H,27-30H2,1-7H3. The summed E-state index contributed by atoms with van der Waals surface area (Å²) in [7, 11) is 0. The first kappa shape index (κ1) is 42.9. The van der Waals surface area contributed by atoms with Gasteiger partial charge in [0.05, 0.1) is 12.0 Å². The van der Waals surface area contributed by atoms with Crippen molar-refractivity contribution in [1.82, 2.24) is 15.0 Å². The van der Waals surface area contributed by atoms with Gasteiger partial charge in [-0.15, -0.1) is 0 Å². The van der Waals surface area contributed by atoms with Gasteiger partial charge in [-0.25, -0.2) is 22.0 Å². The maximum absolute atomic E-state index is 14.6. The van der Waals surface area contributed by atoms with Gasteiger partial charge in [0.2, 0.25) is 0 Å². The van der Waals surface area contributed by atoms with Crippen LogP contribution in [0, 0.1) is 41.4 Å². The summed E-state index contributed by atoms with van der Waals surface area (Å²) in [6.45, 7) is 13.7. The third kappa shape index (κ3) is 10.4. The van der Waals surface area contributed by atoms with Gasteiger partial charge in [-0.05, 0) is 57.7 Å². The van der Waals surface area contributed by atoms with E-state index in [1.54, 1.807) is 13.0 Å². The fraction of sp³-hybridized carbons (Fsp3) is 0.280. The average Bonchev–Trinajstić information content (AvgIpc) is 3.60. The molecular weight excluding hydrogens is 786 g/mol. The lowest BCUT2D eigenvalue weighted by Gasteiger charge is -2.33. The number of aromatic nitrogens is 3. The summed E-state index contributed by atoms with van der Waals surface area (Å²) in [5.74, 6) is -4.01. The Kier molecular flexibility index (Phi) is 12.0. The van der Waals surface area contributed by atoms with Crippen molar-refractivity contribution in [3.63, 3.8) is 0 Å². The van der Waals surface area contributed by atoms with E-state index in [1.165, 1.54) is 28.1 Å². The fourth-order valence-corrected chi connectivity index (χ4v) is 7.15. The molecule has 0 saturated heterocycles. The molecule has 0 amide bonds. The molecule has 11 heteroatoms. The van der Waals surface area contributed by atoms with Gasteiger partial charge in [-0.3, -0.25) is 0 Å². The van der Waals surface area contributed by atoms with Crippen molar-refractivity contribution in [2.24, 2.45) is 5.41 Å². The van der Waals surface area contributed by atoms with Crippen molar-refractivity contribution in [1.29, 1.82) is 0 Å². The minimum absolute atomic E-state index is 0.0611. The molecule has 7 rings (SSSR count). The Morgan fingerprint density at radius 3 is 1.15 bits per heavy atom. The molecule has 0 radical (unpaired) electrons. The van der Waals surface area contributed by atoms with E-state index in [4.69, 9.17) is 24.4 Å². The molecule has 0 N–H and O–H groups in total. The van der Waals surface area contributed by atoms with Gasteiger partial charge in [-0.2, -0.15) is 15.0 Å². The summed E-state index contributed by atoms with van der Waals surface area (Å²) in [6.07, 6.45) is 0. The molecule has 6 aromatic carbocycles. The topological polar surface area (TPSA) is 58.4 Å². The number of ether oxygens (including phenoxy) is 3. The zero-order chi connectivity index (χ0) is 43.7. The molecular formula is C50H48F5N3O3. The second kappa shape index (κ2) is 17.0. The van der Waals surface area contributed by atoms with Crippen molar-refractivity contribution in [3.8, 4) is 39.5 Å². The number of aryl methyl sites for hydroxylation is 1. The second-order valence-corrected chi connectivity index (χ2v) is 17.8. The summed E-state index contributed by atoms with van der Waals surface area (Å²) in [6, 6.07) is 30.4. The van der Waals surface area contributed by atoms with Crippen LogP contribution in [0.1, 0.15) is 58.2 Å². The lowest BCUT2D eigenvalue weighted by atomic mass is 9.85. The summed E-state index contributed by atoms with van der Waals surface area (Å²) in [5.41, 5.74) is 6.14. The molecule has 0 unspecified atom stereocenters. The number of hydrogen-bond donors (Lipinski definition) is 0. The molecule has 1 aromatic heterocycles. The highest BCUT2D eigenvalue weighted by atomic mass is 19.1. The Morgan fingerprint density at radius 1 is 0.459 bits per heavy atom. The number of fused-ring (bicyclic) bond motifs is 1. The van der Waals surface area contributed by atoms with Crippen LogP contribution in [0.2, 0.25) is 0 Å². The predicted octanol–water partition coefficient (Wildman–Crippen LogP) is 12.6. The monoisotopic (exact) mass is 833 g/mol. The van der Waals surface area contributed by atoms with Crippen LogP contribution in [0.15, 0.2) is 115 Å². The van der Waals surface area contributed by atoms with Crippen LogP contribution in [-0.2, 0) is 17.4 Å². The molecule has 0 aliphatic rings. The third-order valence-electron chi connectivity index (χ3n) is 10.5. The van der Waals surface area contributed by atoms with E-state index in [0.29, 0.717) is 16.6 Å². The Labute approximate surface area is 352 Å². The van der Waals surface area contributed by atoms with E-state index in [0.717, 1.165) is 58.7 Å². The molecule has 0 atom stereocenters. The molecule has 0 aliphatic carbocycles. The molecule has 61 heavy (non-hydrogen) atoms. The Hall–Kier alpha value is -6.23. The third-order valence-corrected chi connectivity index (χ3v) is 10.5. The van der Waals surface area contributed by atoms with E-state index >= 15 is 0 Å². The van der Waals surface area contributed by atoms with Gasteiger partial charge in [0.25, 0.3) is 0 Å². The number of halogens is 5. The lowest BCUT2D eigenvalue weighted by molar-refractivity contribution is 0.0126. The second-order valence-electron chi connectivity index (χ2n) is 17.8. The molecule has 316 valence electrons. The number of rotatable bonds is 13. The Balaban J connectivity index is 1.37. The first-order chi connectivity index (χ1) is 28.8. The maximum atomic E-state index is 14.6. The summed E-state index contributed by atoms with van der Waals surface area (Å²) >= 11 is 0. The smallest absolute Gasteiger partial charge is 0.129 e. The normalized spacial score (nSPS) is 12.2. The fourth-order valence-electron chi connectivity index (χ4n) is 7.15. The quantitative estimate of drug-likeness (QED) is 0.108. The lowest BCUT2D eigenvalue weighted by Crippen LogP contribution is -2.44. The highest BCUT2D eigenvalue weighted by molar-refractivity contribution is 6.00. The first-order valence-corrected chi connectivity index (χ1v) is 20.0. The molecule has 0 saturated carbocycles. The van der Waals surface area contributed by atoms with Crippen molar-refractivity contribution in [2.45, 2.75) is 65.8 Å². The van der Waals surface area contributed by atoms with Gasteiger partial charge in [-0.1, -0.05) is 102 Å². The molecule has 1 heterocycles. The van der Waals surface area contributed by atoms with Gasteiger partial charge in [0.1, 0.15) is 77.2 Å². The molecule has 0 fully saturated rings. The minimum Gasteiger partial charge on any atom is -0.493 e. The SMILES string of the molecule is Cc1cc(F)cc(OCC(COc2cc(F)cc(F)c2)(COc2cc(F)cc(F)c2)Cn2nc3c(-c4ccc(C(C)(C)C)cc4)ccc(-c4ccc(C(C)(C)C)cc4)c3n2)c1. The minimum atomic E-state index is -1.36. The highest BCUT2D eigenvalue weighted by Crippen LogP contribution is 2.37. The van der Waals surface area contributed by atoms with Crippen LogP contribution in [0.4, 0.5) is 22.0 Å². The van der Waals surface area contributed by atoms with Crippen LogP contribution < -0.4 is 14.2 Å². The van der Waals surface area contributed by atoms with Gasteiger partial charge in [0.15, 0.2) is 0 Å². The van der Waals surface area contributed by atoms with Crippen LogP contribution in [0.5, 0.6) is 17.2 Å². The largest absolute Gasteiger partial charge is 0.493 e. The molecule has 0 spiro atoms. The van der Waals surface area contributed by atoms with Crippen LogP contribution in [0.3, 0.4) is 0 Å². The van der Waals surface area contributed by atoms with Crippen molar-refractivity contribution in [2.75, 3.05) is 19.8 Å². The number of nitrogens with zero attached hydrogens (tertiary/aromatic N) is 3. The van der Waals surface area contributed by atoms with E-state index in [1.807, 2.05) is 12.1 Å². The number of benzene rings is 6. The van der Waals surface area contributed by atoms with E-state index in [9.17, 15) is 22.0 Å². The van der Waals surface area contributed by atoms with E-state index in [-0.39, 0.29) is 54.4 Å². The molecule has 6 nitrogen and oxygen atoms in total. The zero-order valence-corrected chi connectivity index (χ0v) is 35.3. The number of hydrogen-bond acceptors (Lipinski definition) is 5. The van der Waals surface area contributed by atoms with E-state index < -0.39 is 34.5 Å². The van der Waals surface area contributed by atoms with Crippen molar-refractivity contribution < 1.29 is 36.2 Å². The molecule has 0 bridgehead atoms. The van der Waals surface area contributed by atoms with Crippen LogP contribution in [0.25, 0.3) is 33.3 Å². The van der Waals surface area contributed by atoms with E-state index in [2.05, 4.69) is 90.1 Å². The molecule has 7 aromatic rings. The van der Waals surface area contributed by atoms with Gasteiger partial charge < -0.3 is 14.2 Å². The van der Waals surface area contributed by atoms with Crippen molar-refractivity contribution >= 4 is 11.0 Å². The van der Waals surface area contributed by atoms with Gasteiger partial charge in [0, 0.05) is 53.6 Å². The highest BCUT2D eigenvalue weighted by Gasteiger charge is 2.37. The van der Waals surface area contributed by atoms with Crippen LogP contribution >= 0.6 is 0 Å². The summed E-state index contributed by atoms with van der Waals surface area (Å²) in [5, 5.41) is 10.2. The summed E-state index contributed by atoms with van der Waals surface area (Å²) in [4.78, 5) is 1.48.